The Morgan fingerprint density at radius 2 is 1.79 bits per heavy atom. The van der Waals surface area contributed by atoms with Gasteiger partial charge in [-0.3, -0.25) is 25.5 Å². The molecule has 146 valence electrons. The van der Waals surface area contributed by atoms with Gasteiger partial charge in [-0.25, -0.2) is 0 Å². The fourth-order valence-electron chi connectivity index (χ4n) is 2.65. The molecule has 0 radical (unpaired) electrons. The van der Waals surface area contributed by atoms with Gasteiger partial charge in [-0.2, -0.15) is 5.10 Å². The number of halogens is 1. The van der Waals surface area contributed by atoms with Gasteiger partial charge in [0.25, 0.3) is 11.8 Å². The molecule has 0 aliphatic rings. The average Bonchev–Trinajstić information content (AvgIpc) is 3.07. The Morgan fingerprint density at radius 1 is 1.07 bits per heavy atom. The lowest BCUT2D eigenvalue weighted by Crippen LogP contribution is -2.47. The highest BCUT2D eigenvalue weighted by Gasteiger charge is 2.21. The first kappa shape index (κ1) is 19.9. The van der Waals surface area contributed by atoms with Crippen LogP contribution in [0.4, 0.5) is 0 Å². The molecule has 8 heteroatoms. The summed E-state index contributed by atoms with van der Waals surface area (Å²) in [5.74, 6) is -0.254. The van der Waals surface area contributed by atoms with Crippen molar-refractivity contribution in [1.29, 1.82) is 0 Å². The van der Waals surface area contributed by atoms with E-state index in [-0.39, 0.29) is 11.6 Å². The highest BCUT2D eigenvalue weighted by molar-refractivity contribution is 9.10. The van der Waals surface area contributed by atoms with Crippen LogP contribution in [0.2, 0.25) is 0 Å². The van der Waals surface area contributed by atoms with Crippen LogP contribution in [0, 0.1) is 0 Å². The normalized spacial score (nSPS) is 12.0. The van der Waals surface area contributed by atoms with E-state index in [0.29, 0.717) is 10.2 Å². The number of nitrogens with zero attached hydrogens (tertiary/aromatic N) is 1. The van der Waals surface area contributed by atoms with Crippen molar-refractivity contribution in [1.82, 2.24) is 21.0 Å². The number of H-pyrrole nitrogens is 1. The minimum absolute atomic E-state index is 0.173. The number of nitrogens with one attached hydrogen (secondary N) is 3. The number of fused-ring (bicyclic) bond motifs is 1. The first-order valence-corrected chi connectivity index (χ1v) is 9.65. The van der Waals surface area contributed by atoms with Gasteiger partial charge in [-0.15, -0.1) is 0 Å². The van der Waals surface area contributed by atoms with Crippen LogP contribution < -0.4 is 15.6 Å². The smallest absolute Gasteiger partial charge is 0.291 e. The van der Waals surface area contributed by atoms with Crippen LogP contribution in [0.5, 0.6) is 5.75 Å². The monoisotopic (exact) mass is 444 g/mol. The van der Waals surface area contributed by atoms with Crippen LogP contribution in [-0.2, 0) is 4.79 Å². The second-order valence-corrected chi connectivity index (χ2v) is 7.46. The van der Waals surface area contributed by atoms with Gasteiger partial charge < -0.3 is 4.74 Å². The van der Waals surface area contributed by atoms with E-state index in [1.807, 2.05) is 50.2 Å². The molecule has 28 heavy (non-hydrogen) atoms. The molecule has 1 unspecified atom stereocenters. The van der Waals surface area contributed by atoms with Crippen molar-refractivity contribution < 1.29 is 14.3 Å². The molecule has 1 aromatic heterocycles. The molecule has 3 N–H and O–H groups in total. The van der Waals surface area contributed by atoms with Crippen molar-refractivity contribution >= 4 is 38.5 Å². The van der Waals surface area contributed by atoms with Crippen LogP contribution in [0.25, 0.3) is 10.8 Å². The van der Waals surface area contributed by atoms with Crippen molar-refractivity contribution in [3.8, 4) is 5.75 Å². The second-order valence-electron chi connectivity index (χ2n) is 6.67. The third kappa shape index (κ3) is 4.33. The zero-order chi connectivity index (χ0) is 20.3. The third-order valence-corrected chi connectivity index (χ3v) is 5.03. The molecule has 0 saturated heterocycles. The van der Waals surface area contributed by atoms with Crippen molar-refractivity contribution in [2.75, 3.05) is 0 Å². The largest absolute Gasteiger partial charge is 0.481 e. The lowest BCUT2D eigenvalue weighted by molar-refractivity contribution is -0.128. The lowest BCUT2D eigenvalue weighted by Gasteiger charge is -2.15. The maximum absolute atomic E-state index is 12.3. The number of aromatic amines is 1. The summed E-state index contributed by atoms with van der Waals surface area (Å²) in [4.78, 5) is 24.5. The molecule has 3 aromatic rings. The molecule has 0 aliphatic heterocycles. The molecular weight excluding hydrogens is 424 g/mol. The number of ether oxygens (including phenoxy) is 1. The van der Waals surface area contributed by atoms with Crippen molar-refractivity contribution in [3.63, 3.8) is 0 Å². The molecule has 1 atom stereocenters. The number of carbonyl (C=O) groups excluding carboxylic acids is 2. The number of hydrogen-bond donors (Lipinski definition) is 3. The predicted octanol–water partition coefficient (Wildman–Crippen LogP) is 3.68. The number of carbonyl (C=O) groups is 2. The van der Waals surface area contributed by atoms with E-state index in [9.17, 15) is 9.59 Å². The zero-order valence-electron chi connectivity index (χ0n) is 15.7. The van der Waals surface area contributed by atoms with Crippen LogP contribution >= 0.6 is 15.9 Å². The minimum Gasteiger partial charge on any atom is -0.481 e. The SMILES string of the molecule is CC(Oc1ccc2ccccc2c1)C(=O)NNC(=O)c1n[nH]c(C(C)C)c1Br. The number of rotatable bonds is 5. The van der Waals surface area contributed by atoms with Gasteiger partial charge in [0.05, 0.1) is 10.2 Å². The Morgan fingerprint density at radius 3 is 2.46 bits per heavy atom. The summed E-state index contributed by atoms with van der Waals surface area (Å²) in [5.41, 5.74) is 5.71. The molecule has 0 saturated carbocycles. The molecular formula is C20H21BrN4O3. The topological polar surface area (TPSA) is 96.1 Å². The van der Waals surface area contributed by atoms with Gasteiger partial charge >= 0.3 is 0 Å². The maximum Gasteiger partial charge on any atom is 0.291 e. The van der Waals surface area contributed by atoms with E-state index in [4.69, 9.17) is 4.74 Å². The molecule has 2 aromatic carbocycles. The highest BCUT2D eigenvalue weighted by atomic mass is 79.9. The molecule has 3 rings (SSSR count). The predicted molar refractivity (Wildman–Crippen MR) is 110 cm³/mol. The fraction of sp³-hybridized carbons (Fsp3) is 0.250. The van der Waals surface area contributed by atoms with Crippen LogP contribution in [0.3, 0.4) is 0 Å². The molecule has 2 amide bonds. The van der Waals surface area contributed by atoms with Crippen LogP contribution in [0.1, 0.15) is 42.9 Å². The van der Waals surface area contributed by atoms with Gasteiger partial charge in [0.1, 0.15) is 5.75 Å². The van der Waals surface area contributed by atoms with Crippen LogP contribution in [0.15, 0.2) is 46.9 Å². The van der Waals surface area contributed by atoms with Gasteiger partial charge in [0.15, 0.2) is 11.8 Å². The number of aromatic nitrogens is 2. The number of amides is 2. The number of benzene rings is 2. The standard InChI is InChI=1S/C20H21BrN4O3/c1-11(2)17-16(21)18(23-22-17)20(27)25-24-19(26)12(3)28-15-9-8-13-6-4-5-7-14(13)10-15/h4-12H,1-3H3,(H,22,23)(H,24,26)(H,25,27). The molecule has 0 aliphatic carbocycles. The van der Waals surface area contributed by atoms with E-state index in [1.165, 1.54) is 0 Å². The summed E-state index contributed by atoms with van der Waals surface area (Å²) in [6, 6.07) is 13.5. The average molecular weight is 445 g/mol. The van der Waals surface area contributed by atoms with E-state index in [0.717, 1.165) is 16.5 Å². The minimum atomic E-state index is -0.796. The van der Waals surface area contributed by atoms with Gasteiger partial charge in [-0.1, -0.05) is 44.2 Å². The molecule has 0 fully saturated rings. The maximum atomic E-state index is 12.3. The zero-order valence-corrected chi connectivity index (χ0v) is 17.3. The summed E-state index contributed by atoms with van der Waals surface area (Å²) < 4.78 is 6.27. The summed E-state index contributed by atoms with van der Waals surface area (Å²) >= 11 is 3.36. The van der Waals surface area contributed by atoms with Crippen molar-refractivity contribution in [3.05, 3.63) is 58.3 Å². The summed E-state index contributed by atoms with van der Waals surface area (Å²) in [5, 5.41) is 8.91. The summed E-state index contributed by atoms with van der Waals surface area (Å²) in [6.45, 7) is 5.57. The number of hydrazine groups is 1. The van der Waals surface area contributed by atoms with E-state index in [1.54, 1.807) is 13.0 Å². The first-order valence-electron chi connectivity index (χ1n) is 8.86. The Balaban J connectivity index is 1.58. The van der Waals surface area contributed by atoms with E-state index < -0.39 is 17.9 Å². The highest BCUT2D eigenvalue weighted by Crippen LogP contribution is 2.25. The fourth-order valence-corrected chi connectivity index (χ4v) is 3.47. The lowest BCUT2D eigenvalue weighted by atomic mass is 10.1. The summed E-state index contributed by atoms with van der Waals surface area (Å²) in [6.07, 6.45) is -0.796. The van der Waals surface area contributed by atoms with Crippen molar-refractivity contribution in [2.45, 2.75) is 32.8 Å². The first-order chi connectivity index (χ1) is 13.4. The number of hydrogen-bond acceptors (Lipinski definition) is 4. The molecule has 7 nitrogen and oxygen atoms in total. The Hall–Kier alpha value is -2.87. The molecule has 1 heterocycles. The quantitative estimate of drug-likeness (QED) is 0.522. The Labute approximate surface area is 170 Å². The third-order valence-electron chi connectivity index (χ3n) is 4.23. The molecule has 0 spiro atoms. The van der Waals surface area contributed by atoms with Gasteiger partial charge in [0, 0.05) is 0 Å². The van der Waals surface area contributed by atoms with Gasteiger partial charge in [-0.05, 0) is 51.7 Å². The Bertz CT molecular complexity index is 1020. The Kier molecular flexibility index (Phi) is 5.99. The van der Waals surface area contributed by atoms with E-state index >= 15 is 0 Å². The molecule has 0 bridgehead atoms. The van der Waals surface area contributed by atoms with Crippen LogP contribution in [-0.4, -0.2) is 28.1 Å². The van der Waals surface area contributed by atoms with E-state index in [2.05, 4.69) is 37.0 Å². The van der Waals surface area contributed by atoms with Gasteiger partial charge in [0.2, 0.25) is 0 Å². The summed E-state index contributed by atoms with van der Waals surface area (Å²) in [7, 11) is 0. The van der Waals surface area contributed by atoms with Crippen molar-refractivity contribution in [2.24, 2.45) is 0 Å². The second kappa shape index (κ2) is 8.43.